The molecule has 30 heavy (non-hydrogen) atoms. The lowest BCUT2D eigenvalue weighted by molar-refractivity contribution is -0.117. The number of sulfonamides is 1. The second-order valence-corrected chi connectivity index (χ2v) is 8.85. The summed E-state index contributed by atoms with van der Waals surface area (Å²) in [5.41, 5.74) is 1.68. The van der Waals surface area contributed by atoms with Gasteiger partial charge in [-0.2, -0.15) is 0 Å². The fourth-order valence-electron chi connectivity index (χ4n) is 3.25. The fraction of sp³-hybridized carbons (Fsp3) is 0.333. The maximum atomic E-state index is 12.5. The van der Waals surface area contributed by atoms with E-state index < -0.39 is 15.9 Å². The van der Waals surface area contributed by atoms with E-state index in [0.29, 0.717) is 36.7 Å². The summed E-state index contributed by atoms with van der Waals surface area (Å²) in [4.78, 5) is 26.0. The molecule has 0 atom stereocenters. The van der Waals surface area contributed by atoms with Crippen molar-refractivity contribution in [2.45, 2.75) is 19.8 Å². The van der Waals surface area contributed by atoms with Crippen molar-refractivity contribution in [2.75, 3.05) is 40.5 Å². The van der Waals surface area contributed by atoms with Crippen molar-refractivity contribution in [1.82, 2.24) is 0 Å². The van der Waals surface area contributed by atoms with Gasteiger partial charge in [0.05, 0.1) is 18.6 Å². The molecule has 0 radical (unpaired) electrons. The number of hydrogen-bond acceptors (Lipinski definition) is 5. The van der Waals surface area contributed by atoms with E-state index >= 15 is 0 Å². The van der Waals surface area contributed by atoms with E-state index in [9.17, 15) is 18.0 Å². The minimum absolute atomic E-state index is 0.0888. The minimum Gasteiger partial charge on any atom is -0.494 e. The molecule has 3 rings (SSSR count). The molecule has 0 aliphatic carbocycles. The summed E-state index contributed by atoms with van der Waals surface area (Å²) < 4.78 is 30.9. The molecule has 0 saturated carbocycles. The van der Waals surface area contributed by atoms with Crippen molar-refractivity contribution in [1.29, 1.82) is 0 Å². The molecule has 0 spiro atoms. The summed E-state index contributed by atoms with van der Waals surface area (Å²) in [6.45, 7) is 2.69. The van der Waals surface area contributed by atoms with Crippen LogP contribution in [0.4, 0.5) is 17.1 Å². The van der Waals surface area contributed by atoms with Crippen molar-refractivity contribution in [2.24, 2.45) is 0 Å². The molecule has 8 nitrogen and oxygen atoms in total. The number of nitrogens with zero attached hydrogens (tertiary/aromatic N) is 2. The molecule has 1 heterocycles. The van der Waals surface area contributed by atoms with Crippen molar-refractivity contribution >= 4 is 38.9 Å². The predicted molar refractivity (Wildman–Crippen MR) is 116 cm³/mol. The molecule has 2 amide bonds. The number of nitrogens with one attached hydrogen (secondary N) is 1. The Bertz CT molecular complexity index is 1000. The van der Waals surface area contributed by atoms with Crippen LogP contribution in [-0.4, -0.2) is 46.2 Å². The Morgan fingerprint density at radius 1 is 1.13 bits per heavy atom. The van der Waals surface area contributed by atoms with Gasteiger partial charge in [0.2, 0.25) is 21.8 Å². The van der Waals surface area contributed by atoms with Crippen LogP contribution in [0.15, 0.2) is 48.5 Å². The Morgan fingerprint density at radius 2 is 1.80 bits per heavy atom. The molecule has 2 aromatic carbocycles. The van der Waals surface area contributed by atoms with E-state index in [1.807, 2.05) is 6.92 Å². The molecule has 1 saturated heterocycles. The van der Waals surface area contributed by atoms with Crippen molar-refractivity contribution in [3.8, 4) is 5.75 Å². The van der Waals surface area contributed by atoms with Gasteiger partial charge in [0.1, 0.15) is 12.3 Å². The topological polar surface area (TPSA) is 96.0 Å². The molecule has 2 aromatic rings. The van der Waals surface area contributed by atoms with Crippen LogP contribution in [0.1, 0.15) is 19.8 Å². The highest BCUT2D eigenvalue weighted by molar-refractivity contribution is 7.92. The van der Waals surface area contributed by atoms with Crippen LogP contribution >= 0.6 is 0 Å². The van der Waals surface area contributed by atoms with Crippen LogP contribution in [0.3, 0.4) is 0 Å². The van der Waals surface area contributed by atoms with E-state index in [-0.39, 0.29) is 12.5 Å². The average molecular weight is 432 g/mol. The van der Waals surface area contributed by atoms with Gasteiger partial charge < -0.3 is 15.0 Å². The molecular formula is C21H25N3O5S. The summed E-state index contributed by atoms with van der Waals surface area (Å²) in [5, 5.41) is 2.70. The van der Waals surface area contributed by atoms with Crippen molar-refractivity contribution < 1.29 is 22.7 Å². The highest BCUT2D eigenvalue weighted by Crippen LogP contribution is 2.24. The van der Waals surface area contributed by atoms with Crippen LogP contribution in [0.25, 0.3) is 0 Å². The standard InChI is InChI=1S/C21H25N3O5S/c1-3-29-19-12-10-18(11-13-19)24(30(2,27)28)15-20(25)22-16-6-8-17(9-7-16)23-14-4-5-21(23)26/h6-13H,3-5,14-15H2,1-2H3,(H,22,25). The molecule has 0 bridgehead atoms. The first kappa shape index (κ1) is 21.6. The van der Waals surface area contributed by atoms with Gasteiger partial charge in [-0.05, 0) is 61.9 Å². The van der Waals surface area contributed by atoms with Crippen LogP contribution in [-0.2, 0) is 19.6 Å². The normalized spacial score (nSPS) is 13.9. The van der Waals surface area contributed by atoms with Crippen LogP contribution in [0.5, 0.6) is 5.75 Å². The first-order chi connectivity index (χ1) is 14.3. The molecule has 0 unspecified atom stereocenters. The zero-order valence-corrected chi connectivity index (χ0v) is 17.8. The lowest BCUT2D eigenvalue weighted by Crippen LogP contribution is -2.37. The Kier molecular flexibility index (Phi) is 6.61. The van der Waals surface area contributed by atoms with Crippen molar-refractivity contribution in [3.05, 3.63) is 48.5 Å². The number of anilines is 3. The van der Waals surface area contributed by atoms with E-state index in [1.54, 1.807) is 53.4 Å². The quantitative estimate of drug-likeness (QED) is 0.693. The fourth-order valence-corrected chi connectivity index (χ4v) is 4.11. The first-order valence-electron chi connectivity index (χ1n) is 9.69. The zero-order valence-electron chi connectivity index (χ0n) is 17.0. The van der Waals surface area contributed by atoms with E-state index in [4.69, 9.17) is 4.74 Å². The number of amides is 2. The van der Waals surface area contributed by atoms with Gasteiger partial charge in [-0.1, -0.05) is 0 Å². The maximum Gasteiger partial charge on any atom is 0.245 e. The Hall–Kier alpha value is -3.07. The molecular weight excluding hydrogens is 406 g/mol. The summed E-state index contributed by atoms with van der Waals surface area (Å²) in [6, 6.07) is 13.4. The third kappa shape index (κ3) is 5.29. The highest BCUT2D eigenvalue weighted by Gasteiger charge is 2.23. The second kappa shape index (κ2) is 9.17. The van der Waals surface area contributed by atoms with Crippen LogP contribution in [0, 0.1) is 0 Å². The molecule has 1 aliphatic rings. The number of carbonyl (C=O) groups excluding carboxylic acids is 2. The Balaban J connectivity index is 1.68. The molecule has 160 valence electrons. The Labute approximate surface area is 176 Å². The maximum absolute atomic E-state index is 12.5. The van der Waals surface area contributed by atoms with Crippen LogP contribution in [0.2, 0.25) is 0 Å². The number of hydrogen-bond donors (Lipinski definition) is 1. The van der Waals surface area contributed by atoms with Crippen molar-refractivity contribution in [3.63, 3.8) is 0 Å². The molecule has 1 fully saturated rings. The summed E-state index contributed by atoms with van der Waals surface area (Å²) in [7, 11) is -3.67. The third-order valence-electron chi connectivity index (χ3n) is 4.66. The first-order valence-corrected chi connectivity index (χ1v) is 11.5. The highest BCUT2D eigenvalue weighted by atomic mass is 32.2. The third-order valence-corrected chi connectivity index (χ3v) is 5.80. The van der Waals surface area contributed by atoms with Gasteiger partial charge in [0.15, 0.2) is 0 Å². The lowest BCUT2D eigenvalue weighted by Gasteiger charge is -2.22. The smallest absolute Gasteiger partial charge is 0.245 e. The van der Waals surface area contributed by atoms with E-state index in [1.165, 1.54) is 0 Å². The van der Waals surface area contributed by atoms with E-state index in [0.717, 1.165) is 22.7 Å². The van der Waals surface area contributed by atoms with Gasteiger partial charge in [-0.3, -0.25) is 13.9 Å². The largest absolute Gasteiger partial charge is 0.494 e. The predicted octanol–water partition coefficient (Wildman–Crippen LogP) is 2.62. The van der Waals surface area contributed by atoms with Gasteiger partial charge in [-0.15, -0.1) is 0 Å². The number of benzene rings is 2. The number of ether oxygens (including phenoxy) is 1. The number of rotatable bonds is 8. The number of carbonyl (C=O) groups is 2. The molecule has 1 aliphatic heterocycles. The van der Waals surface area contributed by atoms with Gasteiger partial charge in [-0.25, -0.2) is 8.42 Å². The summed E-state index contributed by atoms with van der Waals surface area (Å²) >= 11 is 0. The minimum atomic E-state index is -3.67. The Morgan fingerprint density at radius 3 is 2.33 bits per heavy atom. The zero-order chi connectivity index (χ0) is 21.7. The van der Waals surface area contributed by atoms with Gasteiger partial charge in [0.25, 0.3) is 0 Å². The lowest BCUT2D eigenvalue weighted by atomic mass is 10.2. The molecule has 0 aromatic heterocycles. The monoisotopic (exact) mass is 431 g/mol. The summed E-state index contributed by atoms with van der Waals surface area (Å²) in [6.07, 6.45) is 2.44. The van der Waals surface area contributed by atoms with Gasteiger partial charge in [0, 0.05) is 24.3 Å². The summed E-state index contributed by atoms with van der Waals surface area (Å²) in [5.74, 6) is 0.237. The van der Waals surface area contributed by atoms with Crippen LogP contribution < -0.4 is 19.3 Å². The second-order valence-electron chi connectivity index (χ2n) is 6.94. The molecule has 1 N–H and O–H groups in total. The molecule has 9 heteroatoms. The average Bonchev–Trinajstić information content (AvgIpc) is 3.13. The SMILES string of the molecule is CCOc1ccc(N(CC(=O)Nc2ccc(N3CCCC3=O)cc2)S(C)(=O)=O)cc1. The van der Waals surface area contributed by atoms with Gasteiger partial charge >= 0.3 is 0 Å². The van der Waals surface area contributed by atoms with E-state index in [2.05, 4.69) is 5.32 Å².